The number of hydrogen-bond acceptors (Lipinski definition) is 5. The molecule has 158 valence electrons. The molecule has 1 aromatic heterocycles. The molecule has 0 radical (unpaired) electrons. The van der Waals surface area contributed by atoms with E-state index in [1.54, 1.807) is 0 Å². The highest BCUT2D eigenvalue weighted by molar-refractivity contribution is 5.83. The van der Waals surface area contributed by atoms with Crippen molar-refractivity contribution in [3.63, 3.8) is 0 Å². The number of ether oxygens (including phenoxy) is 1. The van der Waals surface area contributed by atoms with E-state index in [2.05, 4.69) is 11.7 Å². The van der Waals surface area contributed by atoms with E-state index in [4.69, 9.17) is 9.26 Å². The Bertz CT molecular complexity index is 858. The van der Waals surface area contributed by atoms with Crippen LogP contribution >= 0.6 is 0 Å². The van der Waals surface area contributed by atoms with E-state index in [-0.39, 0.29) is 12.7 Å². The van der Waals surface area contributed by atoms with Crippen LogP contribution < -0.4 is 0 Å². The van der Waals surface area contributed by atoms with Gasteiger partial charge in [0.1, 0.15) is 5.60 Å². The van der Waals surface area contributed by atoms with Crippen molar-refractivity contribution in [3.8, 4) is 0 Å². The first kappa shape index (κ1) is 21.4. The van der Waals surface area contributed by atoms with Crippen LogP contribution in [0.2, 0.25) is 0 Å². The van der Waals surface area contributed by atoms with Crippen LogP contribution in [0.4, 0.5) is 4.79 Å². The normalized spacial score (nSPS) is 15.7. The largest absolute Gasteiger partial charge is 0.444 e. The molecule has 2 aromatic rings. The molecule has 6 nitrogen and oxygen atoms in total. The lowest BCUT2D eigenvalue weighted by Gasteiger charge is -2.33. The maximum absolute atomic E-state index is 12.2. The van der Waals surface area contributed by atoms with Gasteiger partial charge in [0.15, 0.2) is 5.58 Å². The summed E-state index contributed by atoms with van der Waals surface area (Å²) < 4.78 is 11.0. The topological polar surface area (TPSA) is 75.8 Å². The van der Waals surface area contributed by atoms with E-state index in [0.29, 0.717) is 17.9 Å². The molecule has 0 aliphatic carbocycles. The number of aromatic nitrogens is 1. The second-order valence-electron chi connectivity index (χ2n) is 8.81. The lowest BCUT2D eigenvalue weighted by atomic mass is 9.91. The summed E-state index contributed by atoms with van der Waals surface area (Å²) >= 11 is 0. The Morgan fingerprint density at radius 3 is 2.72 bits per heavy atom. The first-order valence-corrected chi connectivity index (χ1v) is 10.4. The summed E-state index contributed by atoms with van der Waals surface area (Å²) in [6, 6.07) is 4.06. The molecule has 0 bridgehead atoms. The number of rotatable bonds is 6. The fourth-order valence-corrected chi connectivity index (χ4v) is 3.92. The number of benzene rings is 1. The summed E-state index contributed by atoms with van der Waals surface area (Å²) in [5.41, 5.74) is 2.98. The average Bonchev–Trinajstić information content (AvgIpc) is 3.08. The number of aryl methyl sites for hydroxylation is 1. The second-order valence-corrected chi connectivity index (χ2v) is 8.81. The molecule has 0 saturated carbocycles. The molecule has 29 heavy (non-hydrogen) atoms. The SMILES string of the molecule is C=CCc1ccc2c(CCC3CCN(C(=O)OC(C)(C)C)CC3)noc2c1CO. The molecule has 0 atom stereocenters. The third-order valence-electron chi connectivity index (χ3n) is 5.49. The molecule has 1 aliphatic rings. The van der Waals surface area contributed by atoms with Gasteiger partial charge < -0.3 is 19.3 Å². The molecular formula is C23H32N2O4. The monoisotopic (exact) mass is 400 g/mol. The van der Waals surface area contributed by atoms with Gasteiger partial charge in [-0.05, 0) is 70.4 Å². The Hall–Kier alpha value is -2.34. The number of carbonyl (C=O) groups is 1. The molecule has 0 unspecified atom stereocenters. The minimum absolute atomic E-state index is 0.0712. The van der Waals surface area contributed by atoms with Crippen molar-refractivity contribution in [1.29, 1.82) is 0 Å². The molecule has 1 amide bonds. The van der Waals surface area contributed by atoms with Crippen molar-refractivity contribution in [3.05, 3.63) is 41.6 Å². The minimum atomic E-state index is -0.457. The summed E-state index contributed by atoms with van der Waals surface area (Å²) in [6.07, 6.45) is 6.08. The van der Waals surface area contributed by atoms with E-state index in [1.165, 1.54) is 0 Å². The summed E-state index contributed by atoms with van der Waals surface area (Å²) in [5.74, 6) is 0.554. The van der Waals surface area contributed by atoms with Gasteiger partial charge in [-0.3, -0.25) is 0 Å². The number of likely N-dealkylation sites (tertiary alicyclic amines) is 1. The second kappa shape index (κ2) is 8.99. The molecular weight excluding hydrogens is 368 g/mol. The average molecular weight is 401 g/mol. The third kappa shape index (κ3) is 5.18. The Balaban J connectivity index is 1.58. The van der Waals surface area contributed by atoms with Gasteiger partial charge in [-0.15, -0.1) is 6.58 Å². The Kier molecular flexibility index (Phi) is 6.63. The highest BCUT2D eigenvalue weighted by Gasteiger charge is 2.27. The highest BCUT2D eigenvalue weighted by Crippen LogP contribution is 2.29. The predicted molar refractivity (Wildman–Crippen MR) is 113 cm³/mol. The zero-order valence-corrected chi connectivity index (χ0v) is 17.7. The van der Waals surface area contributed by atoms with Crippen molar-refractivity contribution >= 4 is 17.1 Å². The van der Waals surface area contributed by atoms with Crippen LogP contribution in [-0.4, -0.2) is 39.9 Å². The van der Waals surface area contributed by atoms with Crippen LogP contribution in [0.25, 0.3) is 11.0 Å². The van der Waals surface area contributed by atoms with Crippen LogP contribution in [-0.2, 0) is 24.2 Å². The van der Waals surface area contributed by atoms with Crippen molar-refractivity contribution in [2.75, 3.05) is 13.1 Å². The maximum Gasteiger partial charge on any atom is 0.410 e. The number of hydrogen-bond donors (Lipinski definition) is 1. The summed E-state index contributed by atoms with van der Waals surface area (Å²) in [7, 11) is 0. The number of allylic oxidation sites excluding steroid dienone is 1. The zero-order valence-electron chi connectivity index (χ0n) is 17.7. The van der Waals surface area contributed by atoms with E-state index >= 15 is 0 Å². The fourth-order valence-electron chi connectivity index (χ4n) is 3.92. The number of piperidine rings is 1. The number of aliphatic hydroxyl groups excluding tert-OH is 1. The Morgan fingerprint density at radius 1 is 1.38 bits per heavy atom. The third-order valence-corrected chi connectivity index (χ3v) is 5.49. The molecule has 0 spiro atoms. The fraction of sp³-hybridized carbons (Fsp3) is 0.565. The predicted octanol–water partition coefficient (Wildman–Crippen LogP) is 4.63. The van der Waals surface area contributed by atoms with Crippen LogP contribution in [0.15, 0.2) is 29.3 Å². The molecule has 1 fully saturated rings. The van der Waals surface area contributed by atoms with Gasteiger partial charge in [-0.1, -0.05) is 17.3 Å². The van der Waals surface area contributed by atoms with Crippen molar-refractivity contribution in [2.24, 2.45) is 5.92 Å². The quantitative estimate of drug-likeness (QED) is 0.716. The van der Waals surface area contributed by atoms with E-state index < -0.39 is 5.60 Å². The number of amides is 1. The molecule has 3 rings (SSSR count). The lowest BCUT2D eigenvalue weighted by Crippen LogP contribution is -2.41. The zero-order chi connectivity index (χ0) is 21.0. The number of fused-ring (bicyclic) bond motifs is 1. The summed E-state index contributed by atoms with van der Waals surface area (Å²) in [5, 5.41) is 15.0. The number of nitrogens with zero attached hydrogens (tertiary/aromatic N) is 2. The maximum atomic E-state index is 12.2. The standard InChI is InChI=1S/C23H32N2O4/c1-5-6-17-8-9-18-20(24-29-21(18)19(17)15-26)10-7-16-11-13-25(14-12-16)22(27)28-23(2,3)4/h5,8-9,16,26H,1,6-7,10-15H2,2-4H3. The van der Waals surface area contributed by atoms with E-state index in [1.807, 2.05) is 43.9 Å². The molecule has 6 heteroatoms. The highest BCUT2D eigenvalue weighted by atomic mass is 16.6. The molecule has 1 aromatic carbocycles. The summed E-state index contributed by atoms with van der Waals surface area (Å²) in [4.78, 5) is 14.0. The van der Waals surface area contributed by atoms with Crippen LogP contribution in [0.1, 0.15) is 56.9 Å². The first-order chi connectivity index (χ1) is 13.8. The van der Waals surface area contributed by atoms with Gasteiger partial charge in [0.05, 0.1) is 12.3 Å². The number of aliphatic hydroxyl groups is 1. The lowest BCUT2D eigenvalue weighted by molar-refractivity contribution is 0.0181. The van der Waals surface area contributed by atoms with Gasteiger partial charge in [0, 0.05) is 24.0 Å². The summed E-state index contributed by atoms with van der Waals surface area (Å²) in [6.45, 7) is 10.8. The van der Waals surface area contributed by atoms with Crippen LogP contribution in [0, 0.1) is 5.92 Å². The van der Waals surface area contributed by atoms with Crippen LogP contribution in [0.3, 0.4) is 0 Å². The van der Waals surface area contributed by atoms with Gasteiger partial charge in [0.25, 0.3) is 0 Å². The van der Waals surface area contributed by atoms with Crippen molar-refractivity contribution in [2.45, 2.75) is 65.1 Å². The van der Waals surface area contributed by atoms with Crippen LogP contribution in [0.5, 0.6) is 0 Å². The smallest absolute Gasteiger partial charge is 0.410 e. The van der Waals surface area contributed by atoms with Crippen molar-refractivity contribution < 1.29 is 19.2 Å². The van der Waals surface area contributed by atoms with Crippen molar-refractivity contribution in [1.82, 2.24) is 10.1 Å². The Morgan fingerprint density at radius 2 is 2.10 bits per heavy atom. The van der Waals surface area contributed by atoms with Gasteiger partial charge in [-0.25, -0.2) is 4.79 Å². The van der Waals surface area contributed by atoms with E-state index in [0.717, 1.165) is 61.0 Å². The first-order valence-electron chi connectivity index (χ1n) is 10.4. The molecule has 1 aliphatic heterocycles. The van der Waals surface area contributed by atoms with Gasteiger partial charge in [-0.2, -0.15) is 0 Å². The minimum Gasteiger partial charge on any atom is -0.444 e. The van der Waals surface area contributed by atoms with Gasteiger partial charge >= 0.3 is 6.09 Å². The molecule has 1 N–H and O–H groups in total. The van der Waals surface area contributed by atoms with E-state index in [9.17, 15) is 9.90 Å². The molecule has 1 saturated heterocycles. The molecule has 2 heterocycles. The number of carbonyl (C=O) groups excluding carboxylic acids is 1. The Labute approximate surface area is 172 Å². The van der Waals surface area contributed by atoms with Gasteiger partial charge in [0.2, 0.25) is 0 Å².